The van der Waals surface area contributed by atoms with Gasteiger partial charge >= 0.3 is 0 Å². The molecule has 2 rings (SSSR count). The largest absolute Gasteiger partial charge is 0.383 e. The molecule has 2 aromatic heterocycles. The van der Waals surface area contributed by atoms with Gasteiger partial charge in [-0.05, 0) is 41.4 Å². The molecule has 0 atom stereocenters. The Morgan fingerprint density at radius 3 is 2.88 bits per heavy atom. The van der Waals surface area contributed by atoms with Crippen molar-refractivity contribution in [1.82, 2.24) is 14.8 Å². The Balaban J connectivity index is 2.71. The van der Waals surface area contributed by atoms with Gasteiger partial charge in [-0.3, -0.25) is 4.68 Å². The first-order valence-corrected chi connectivity index (χ1v) is 5.87. The van der Waals surface area contributed by atoms with Gasteiger partial charge < -0.3 is 5.73 Å². The van der Waals surface area contributed by atoms with Crippen molar-refractivity contribution in [2.24, 2.45) is 0 Å². The van der Waals surface area contributed by atoms with Crippen molar-refractivity contribution in [3.63, 3.8) is 0 Å². The zero-order valence-electron chi connectivity index (χ0n) is 9.24. The number of anilines is 1. The Bertz CT molecular complexity index is 498. The van der Waals surface area contributed by atoms with E-state index in [2.05, 4.69) is 26.0 Å². The molecular weight excluding hydrogens is 268 g/mol. The average molecular weight is 281 g/mol. The van der Waals surface area contributed by atoms with Crippen molar-refractivity contribution >= 4 is 21.7 Å². The standard InChI is InChI=1S/C11H13BrN4/c1-3-16-10(8(12)6-15-16)9-7(2)4-5-14-11(9)13/h4-6H,3H2,1-2H3,(H2,13,14). The highest BCUT2D eigenvalue weighted by atomic mass is 79.9. The van der Waals surface area contributed by atoms with Crippen LogP contribution in [0.2, 0.25) is 0 Å². The molecular formula is C11H13BrN4. The average Bonchev–Trinajstić information content (AvgIpc) is 2.60. The van der Waals surface area contributed by atoms with Gasteiger partial charge in [0.15, 0.2) is 0 Å². The molecule has 16 heavy (non-hydrogen) atoms. The number of rotatable bonds is 2. The fourth-order valence-electron chi connectivity index (χ4n) is 1.74. The topological polar surface area (TPSA) is 56.7 Å². The third-order valence-electron chi connectivity index (χ3n) is 2.52. The summed E-state index contributed by atoms with van der Waals surface area (Å²) >= 11 is 3.50. The molecule has 0 saturated heterocycles. The molecule has 0 amide bonds. The number of pyridine rings is 1. The lowest BCUT2D eigenvalue weighted by Gasteiger charge is -2.10. The van der Waals surface area contributed by atoms with Crippen LogP contribution >= 0.6 is 15.9 Å². The van der Waals surface area contributed by atoms with E-state index in [0.29, 0.717) is 5.82 Å². The van der Waals surface area contributed by atoms with E-state index >= 15 is 0 Å². The fourth-order valence-corrected chi connectivity index (χ4v) is 2.23. The van der Waals surface area contributed by atoms with Crippen LogP contribution in [0.25, 0.3) is 11.3 Å². The molecule has 0 spiro atoms. The second-order valence-corrected chi connectivity index (χ2v) is 4.40. The SMILES string of the molecule is CCn1ncc(Br)c1-c1c(C)ccnc1N. The Labute approximate surface area is 103 Å². The highest BCUT2D eigenvalue weighted by molar-refractivity contribution is 9.10. The highest BCUT2D eigenvalue weighted by Crippen LogP contribution is 2.33. The van der Waals surface area contributed by atoms with Gasteiger partial charge in [0.25, 0.3) is 0 Å². The van der Waals surface area contributed by atoms with Crippen LogP contribution in [0.3, 0.4) is 0 Å². The van der Waals surface area contributed by atoms with Crippen molar-refractivity contribution in [2.45, 2.75) is 20.4 Å². The Hall–Kier alpha value is -1.36. The van der Waals surface area contributed by atoms with Crippen LogP contribution in [-0.4, -0.2) is 14.8 Å². The monoisotopic (exact) mass is 280 g/mol. The third-order valence-corrected chi connectivity index (χ3v) is 3.10. The van der Waals surface area contributed by atoms with Crippen LogP contribution in [0.5, 0.6) is 0 Å². The number of hydrogen-bond donors (Lipinski definition) is 1. The fraction of sp³-hybridized carbons (Fsp3) is 0.273. The van der Waals surface area contributed by atoms with Gasteiger partial charge in [0.2, 0.25) is 0 Å². The van der Waals surface area contributed by atoms with E-state index in [1.165, 1.54) is 0 Å². The van der Waals surface area contributed by atoms with E-state index in [1.54, 1.807) is 12.4 Å². The van der Waals surface area contributed by atoms with Crippen LogP contribution < -0.4 is 5.73 Å². The first-order chi connectivity index (χ1) is 7.65. The Morgan fingerprint density at radius 1 is 1.50 bits per heavy atom. The molecule has 2 aromatic rings. The first-order valence-electron chi connectivity index (χ1n) is 5.08. The minimum atomic E-state index is 0.538. The minimum Gasteiger partial charge on any atom is -0.383 e. The van der Waals surface area contributed by atoms with Crippen LogP contribution in [0.15, 0.2) is 22.9 Å². The van der Waals surface area contributed by atoms with Gasteiger partial charge in [-0.15, -0.1) is 0 Å². The van der Waals surface area contributed by atoms with Crippen molar-refractivity contribution in [2.75, 3.05) is 5.73 Å². The number of aryl methyl sites for hydroxylation is 2. The summed E-state index contributed by atoms with van der Waals surface area (Å²) in [4.78, 5) is 4.13. The Kier molecular flexibility index (Phi) is 2.96. The van der Waals surface area contributed by atoms with Gasteiger partial charge in [0.1, 0.15) is 5.82 Å². The van der Waals surface area contributed by atoms with E-state index in [1.807, 2.05) is 24.6 Å². The minimum absolute atomic E-state index is 0.538. The van der Waals surface area contributed by atoms with Gasteiger partial charge in [-0.1, -0.05) is 0 Å². The maximum Gasteiger partial charge on any atom is 0.133 e. The lowest BCUT2D eigenvalue weighted by atomic mass is 10.1. The summed E-state index contributed by atoms with van der Waals surface area (Å²) < 4.78 is 2.85. The lowest BCUT2D eigenvalue weighted by molar-refractivity contribution is 0.666. The number of nitrogen functional groups attached to an aromatic ring is 1. The molecule has 2 heterocycles. The molecule has 0 bridgehead atoms. The maximum atomic E-state index is 5.93. The normalized spacial score (nSPS) is 10.7. The highest BCUT2D eigenvalue weighted by Gasteiger charge is 2.15. The van der Waals surface area contributed by atoms with E-state index in [-0.39, 0.29) is 0 Å². The van der Waals surface area contributed by atoms with Crippen LogP contribution in [0.1, 0.15) is 12.5 Å². The number of nitrogens with zero attached hydrogens (tertiary/aromatic N) is 3. The van der Waals surface area contributed by atoms with Crippen LogP contribution in [-0.2, 0) is 6.54 Å². The van der Waals surface area contributed by atoms with Crippen molar-refractivity contribution in [3.8, 4) is 11.3 Å². The maximum absolute atomic E-state index is 5.93. The second-order valence-electron chi connectivity index (χ2n) is 3.54. The van der Waals surface area contributed by atoms with E-state index in [4.69, 9.17) is 5.73 Å². The van der Waals surface area contributed by atoms with Crippen molar-refractivity contribution < 1.29 is 0 Å². The first kappa shape index (κ1) is 11.1. The van der Waals surface area contributed by atoms with Gasteiger partial charge in [-0.2, -0.15) is 5.10 Å². The molecule has 84 valence electrons. The van der Waals surface area contributed by atoms with Crippen molar-refractivity contribution in [3.05, 3.63) is 28.5 Å². The molecule has 2 N–H and O–H groups in total. The van der Waals surface area contributed by atoms with Crippen molar-refractivity contribution in [1.29, 1.82) is 0 Å². The zero-order chi connectivity index (χ0) is 11.7. The molecule has 0 aromatic carbocycles. The van der Waals surface area contributed by atoms with Crippen LogP contribution in [0, 0.1) is 6.92 Å². The summed E-state index contributed by atoms with van der Waals surface area (Å²) in [6.07, 6.45) is 3.50. The number of hydrogen-bond acceptors (Lipinski definition) is 3. The number of aromatic nitrogens is 3. The van der Waals surface area contributed by atoms with Crippen LogP contribution in [0.4, 0.5) is 5.82 Å². The molecule has 5 heteroatoms. The van der Waals surface area contributed by atoms with E-state index in [9.17, 15) is 0 Å². The molecule has 4 nitrogen and oxygen atoms in total. The summed E-state index contributed by atoms with van der Waals surface area (Å²) in [6.45, 7) is 4.87. The zero-order valence-corrected chi connectivity index (χ0v) is 10.8. The summed E-state index contributed by atoms with van der Waals surface area (Å²) in [6, 6.07) is 1.95. The van der Waals surface area contributed by atoms with E-state index in [0.717, 1.165) is 27.8 Å². The Morgan fingerprint density at radius 2 is 2.25 bits per heavy atom. The predicted octanol–water partition coefficient (Wildman–Crippen LogP) is 2.62. The summed E-state index contributed by atoms with van der Waals surface area (Å²) in [5.41, 5.74) is 8.98. The third kappa shape index (κ3) is 1.71. The number of nitrogens with two attached hydrogens (primary N) is 1. The second kappa shape index (κ2) is 4.25. The summed E-state index contributed by atoms with van der Waals surface area (Å²) in [5, 5.41) is 4.28. The van der Waals surface area contributed by atoms with Gasteiger partial charge in [-0.25, -0.2) is 4.98 Å². The van der Waals surface area contributed by atoms with Gasteiger partial charge in [0, 0.05) is 18.3 Å². The van der Waals surface area contributed by atoms with E-state index < -0.39 is 0 Å². The summed E-state index contributed by atoms with van der Waals surface area (Å²) in [5.74, 6) is 0.538. The predicted molar refractivity (Wildman–Crippen MR) is 68.0 cm³/mol. The molecule has 0 unspecified atom stereocenters. The quantitative estimate of drug-likeness (QED) is 0.920. The molecule has 0 radical (unpaired) electrons. The molecule has 0 aliphatic carbocycles. The van der Waals surface area contributed by atoms with Gasteiger partial charge in [0.05, 0.1) is 16.4 Å². The summed E-state index contributed by atoms with van der Waals surface area (Å²) in [7, 11) is 0. The smallest absolute Gasteiger partial charge is 0.133 e. The molecule has 0 aliphatic heterocycles. The molecule has 0 fully saturated rings. The molecule has 0 saturated carbocycles. The number of halogens is 1. The lowest BCUT2D eigenvalue weighted by Crippen LogP contribution is -2.03. The molecule has 0 aliphatic rings.